The zero-order valence-corrected chi connectivity index (χ0v) is 12.5. The van der Waals surface area contributed by atoms with Crippen LogP contribution in [0.2, 0.25) is 10.0 Å². The lowest BCUT2D eigenvalue weighted by Crippen LogP contribution is -2.33. The molecule has 0 atom stereocenters. The molecule has 2 amide bonds. The van der Waals surface area contributed by atoms with Gasteiger partial charge in [-0.1, -0.05) is 23.2 Å². The van der Waals surface area contributed by atoms with Gasteiger partial charge in [-0.25, -0.2) is 9.78 Å². The number of rotatable bonds is 4. The highest BCUT2D eigenvalue weighted by atomic mass is 35.5. The van der Waals surface area contributed by atoms with Gasteiger partial charge in [0.05, 0.1) is 17.8 Å². The van der Waals surface area contributed by atoms with Crippen LogP contribution in [0.1, 0.15) is 0 Å². The van der Waals surface area contributed by atoms with Gasteiger partial charge in [-0.15, -0.1) is 0 Å². The summed E-state index contributed by atoms with van der Waals surface area (Å²) < 4.78 is 5.03. The van der Waals surface area contributed by atoms with Crippen molar-refractivity contribution >= 4 is 40.6 Å². The molecular formula is C13H12Cl2N4O2. The fourth-order valence-electron chi connectivity index (χ4n) is 1.52. The Morgan fingerprint density at radius 1 is 1.24 bits per heavy atom. The van der Waals surface area contributed by atoms with Crippen LogP contribution in [0.25, 0.3) is 0 Å². The molecule has 0 aliphatic carbocycles. The summed E-state index contributed by atoms with van der Waals surface area (Å²) in [5.74, 6) is 0.317. The fraction of sp³-hybridized carbons (Fsp3) is 0.0769. The number of pyridine rings is 1. The number of nitrogens with zero attached hydrogens (tertiary/aromatic N) is 1. The van der Waals surface area contributed by atoms with Crippen LogP contribution < -0.4 is 20.9 Å². The maximum atomic E-state index is 11.8. The van der Waals surface area contributed by atoms with Crippen molar-refractivity contribution in [1.82, 2.24) is 10.4 Å². The SMILES string of the molecule is COc1ncccc1NC(=O)NNc1ccc(Cl)cc1Cl. The lowest BCUT2D eigenvalue weighted by Gasteiger charge is -2.12. The third-order valence-corrected chi connectivity index (χ3v) is 3.00. The van der Waals surface area contributed by atoms with E-state index in [0.29, 0.717) is 27.3 Å². The minimum atomic E-state index is -0.493. The summed E-state index contributed by atoms with van der Waals surface area (Å²) in [5, 5.41) is 3.49. The van der Waals surface area contributed by atoms with E-state index in [0.717, 1.165) is 0 Å². The zero-order valence-electron chi connectivity index (χ0n) is 11.0. The topological polar surface area (TPSA) is 75.3 Å². The molecule has 0 aliphatic rings. The second-order valence-corrected chi connectivity index (χ2v) is 4.73. The second kappa shape index (κ2) is 7.01. The summed E-state index contributed by atoms with van der Waals surface area (Å²) in [7, 11) is 1.47. The number of anilines is 2. The van der Waals surface area contributed by atoms with Crippen molar-refractivity contribution in [1.29, 1.82) is 0 Å². The van der Waals surface area contributed by atoms with Crippen LogP contribution in [-0.4, -0.2) is 18.1 Å². The third-order valence-electron chi connectivity index (χ3n) is 2.45. The van der Waals surface area contributed by atoms with E-state index in [4.69, 9.17) is 27.9 Å². The van der Waals surface area contributed by atoms with Crippen molar-refractivity contribution in [3.05, 3.63) is 46.6 Å². The van der Waals surface area contributed by atoms with Gasteiger partial charge >= 0.3 is 6.03 Å². The van der Waals surface area contributed by atoms with E-state index < -0.39 is 6.03 Å². The number of hydrogen-bond acceptors (Lipinski definition) is 4. The number of carbonyl (C=O) groups is 1. The normalized spacial score (nSPS) is 9.86. The summed E-state index contributed by atoms with van der Waals surface area (Å²) in [6.45, 7) is 0. The average Bonchev–Trinajstić information content (AvgIpc) is 2.47. The molecule has 2 rings (SSSR count). The number of hydrogen-bond donors (Lipinski definition) is 3. The van der Waals surface area contributed by atoms with Crippen molar-refractivity contribution in [3.63, 3.8) is 0 Å². The second-order valence-electron chi connectivity index (χ2n) is 3.89. The van der Waals surface area contributed by atoms with Crippen molar-refractivity contribution in [2.75, 3.05) is 17.9 Å². The highest BCUT2D eigenvalue weighted by Crippen LogP contribution is 2.24. The molecule has 21 heavy (non-hydrogen) atoms. The first kappa shape index (κ1) is 15.2. The van der Waals surface area contributed by atoms with Gasteiger partial charge in [0.1, 0.15) is 5.69 Å². The van der Waals surface area contributed by atoms with Crippen LogP contribution in [0.3, 0.4) is 0 Å². The monoisotopic (exact) mass is 326 g/mol. The Bertz CT molecular complexity index is 652. The molecular weight excluding hydrogens is 315 g/mol. The third kappa shape index (κ3) is 4.14. The summed E-state index contributed by atoms with van der Waals surface area (Å²) in [4.78, 5) is 15.8. The van der Waals surface area contributed by atoms with Gasteiger partial charge < -0.3 is 10.1 Å². The number of benzene rings is 1. The van der Waals surface area contributed by atoms with Gasteiger partial charge in [0, 0.05) is 11.2 Å². The molecule has 8 heteroatoms. The number of carbonyl (C=O) groups excluding carboxylic acids is 1. The molecule has 2 aromatic rings. The van der Waals surface area contributed by atoms with Gasteiger partial charge in [-0.2, -0.15) is 0 Å². The Kier molecular flexibility index (Phi) is 5.08. The summed E-state index contributed by atoms with van der Waals surface area (Å²) in [6, 6.07) is 7.72. The lowest BCUT2D eigenvalue weighted by atomic mass is 10.3. The van der Waals surface area contributed by atoms with Gasteiger partial charge in [0.2, 0.25) is 5.88 Å². The smallest absolute Gasteiger partial charge is 0.338 e. The molecule has 1 aromatic heterocycles. The maximum absolute atomic E-state index is 11.8. The van der Waals surface area contributed by atoms with Crippen molar-refractivity contribution in [2.24, 2.45) is 0 Å². The van der Waals surface area contributed by atoms with Gasteiger partial charge in [0.25, 0.3) is 0 Å². The molecule has 0 radical (unpaired) electrons. The predicted molar refractivity (Wildman–Crippen MR) is 83.0 cm³/mol. The fourth-order valence-corrected chi connectivity index (χ4v) is 1.97. The molecule has 3 N–H and O–H groups in total. The van der Waals surface area contributed by atoms with Gasteiger partial charge in [0.15, 0.2) is 0 Å². The lowest BCUT2D eigenvalue weighted by molar-refractivity contribution is 0.253. The Labute approximate surface area is 131 Å². The molecule has 0 spiro atoms. The largest absolute Gasteiger partial charge is 0.480 e. The van der Waals surface area contributed by atoms with E-state index in [1.54, 1.807) is 36.5 Å². The van der Waals surface area contributed by atoms with E-state index in [9.17, 15) is 4.79 Å². The first-order valence-electron chi connectivity index (χ1n) is 5.87. The highest BCUT2D eigenvalue weighted by molar-refractivity contribution is 6.36. The molecule has 1 aromatic carbocycles. The first-order chi connectivity index (χ1) is 10.1. The Morgan fingerprint density at radius 2 is 2.05 bits per heavy atom. The minimum Gasteiger partial charge on any atom is -0.480 e. The standard InChI is InChI=1S/C13H12Cl2N4O2/c1-21-12-11(3-2-6-16-12)17-13(20)19-18-10-5-4-8(14)7-9(10)15/h2-7,18H,1H3,(H2,17,19,20). The molecule has 110 valence electrons. The van der Waals surface area contributed by atoms with Crippen LogP contribution >= 0.6 is 23.2 Å². The van der Waals surface area contributed by atoms with Crippen molar-refractivity contribution < 1.29 is 9.53 Å². The number of methoxy groups -OCH3 is 1. The van der Waals surface area contributed by atoms with Crippen molar-refractivity contribution in [2.45, 2.75) is 0 Å². The Morgan fingerprint density at radius 3 is 2.76 bits per heavy atom. The minimum absolute atomic E-state index is 0.317. The molecule has 0 aliphatic heterocycles. The van der Waals surface area contributed by atoms with E-state index in [2.05, 4.69) is 21.2 Å². The molecule has 6 nitrogen and oxygen atoms in total. The van der Waals surface area contributed by atoms with Crippen LogP contribution in [0.5, 0.6) is 5.88 Å². The molecule has 0 saturated heterocycles. The summed E-state index contributed by atoms with van der Waals surface area (Å²) in [6.07, 6.45) is 1.56. The van der Waals surface area contributed by atoms with E-state index in [-0.39, 0.29) is 0 Å². The Hall–Kier alpha value is -2.18. The van der Waals surface area contributed by atoms with Gasteiger partial charge in [-0.05, 0) is 30.3 Å². The highest BCUT2D eigenvalue weighted by Gasteiger charge is 2.08. The van der Waals surface area contributed by atoms with Gasteiger partial charge in [-0.3, -0.25) is 10.9 Å². The summed E-state index contributed by atoms with van der Waals surface area (Å²) in [5.41, 5.74) is 6.10. The number of halogens is 2. The number of ether oxygens (including phenoxy) is 1. The summed E-state index contributed by atoms with van der Waals surface area (Å²) >= 11 is 11.8. The molecule has 0 fully saturated rings. The maximum Gasteiger partial charge on any atom is 0.338 e. The number of nitrogens with one attached hydrogen (secondary N) is 3. The van der Waals surface area contributed by atoms with E-state index in [1.807, 2.05) is 0 Å². The van der Waals surface area contributed by atoms with E-state index >= 15 is 0 Å². The molecule has 0 saturated carbocycles. The molecule has 1 heterocycles. The van der Waals surface area contributed by atoms with Crippen LogP contribution in [0.15, 0.2) is 36.5 Å². The van der Waals surface area contributed by atoms with Crippen LogP contribution in [0.4, 0.5) is 16.2 Å². The number of amides is 2. The zero-order chi connectivity index (χ0) is 15.2. The van der Waals surface area contributed by atoms with E-state index in [1.165, 1.54) is 7.11 Å². The first-order valence-corrected chi connectivity index (χ1v) is 6.63. The number of aromatic nitrogens is 1. The number of hydrazine groups is 1. The van der Waals surface area contributed by atoms with Crippen LogP contribution in [0, 0.1) is 0 Å². The number of urea groups is 1. The average molecular weight is 327 g/mol. The quantitative estimate of drug-likeness (QED) is 0.751. The Balaban J connectivity index is 1.96. The predicted octanol–water partition coefficient (Wildman–Crippen LogP) is 3.55. The van der Waals surface area contributed by atoms with Crippen molar-refractivity contribution in [3.8, 4) is 5.88 Å². The molecule has 0 unspecified atom stereocenters. The molecule has 0 bridgehead atoms. The van der Waals surface area contributed by atoms with Crippen LogP contribution in [-0.2, 0) is 0 Å².